The predicted molar refractivity (Wildman–Crippen MR) is 97.7 cm³/mol. The van der Waals surface area contributed by atoms with Gasteiger partial charge in [-0.1, -0.05) is 18.2 Å². The number of carbonyl (C=O) groups is 2. The fourth-order valence-electron chi connectivity index (χ4n) is 3.07. The monoisotopic (exact) mass is 348 g/mol. The van der Waals surface area contributed by atoms with Gasteiger partial charge in [-0.25, -0.2) is 4.79 Å². The van der Waals surface area contributed by atoms with Crippen LogP contribution < -0.4 is 5.32 Å². The molecule has 0 aliphatic heterocycles. The number of esters is 1. The summed E-state index contributed by atoms with van der Waals surface area (Å²) >= 11 is 0. The van der Waals surface area contributed by atoms with E-state index >= 15 is 0 Å². The van der Waals surface area contributed by atoms with Crippen LogP contribution in [0.4, 0.5) is 5.69 Å². The quantitative estimate of drug-likeness (QED) is 0.856. The Morgan fingerprint density at radius 3 is 2.62 bits per heavy atom. The van der Waals surface area contributed by atoms with E-state index in [1.54, 1.807) is 30.3 Å². The highest BCUT2D eigenvalue weighted by Gasteiger charge is 2.21. The number of hydrogen-bond donors (Lipinski definition) is 1. The third-order valence-electron chi connectivity index (χ3n) is 4.54. The molecule has 0 heterocycles. The van der Waals surface area contributed by atoms with E-state index in [0.29, 0.717) is 16.8 Å². The zero-order valence-electron chi connectivity index (χ0n) is 14.6. The molecule has 1 atom stereocenters. The van der Waals surface area contributed by atoms with Crippen LogP contribution in [-0.4, -0.2) is 18.0 Å². The number of carbonyl (C=O) groups excluding carboxylic acids is 2. The van der Waals surface area contributed by atoms with Gasteiger partial charge < -0.3 is 10.1 Å². The maximum atomic E-state index is 12.4. The van der Waals surface area contributed by atoms with Crippen LogP contribution in [0.15, 0.2) is 42.5 Å². The highest BCUT2D eigenvalue weighted by Crippen LogP contribution is 2.23. The average molecular weight is 348 g/mol. The van der Waals surface area contributed by atoms with Crippen LogP contribution >= 0.6 is 0 Å². The van der Waals surface area contributed by atoms with E-state index in [-0.39, 0.29) is 0 Å². The minimum absolute atomic E-state index is 0.356. The second kappa shape index (κ2) is 7.83. The van der Waals surface area contributed by atoms with E-state index < -0.39 is 18.0 Å². The van der Waals surface area contributed by atoms with Crippen molar-refractivity contribution in [2.24, 2.45) is 0 Å². The number of hydrogen-bond acceptors (Lipinski definition) is 4. The molecule has 0 aromatic heterocycles. The summed E-state index contributed by atoms with van der Waals surface area (Å²) in [6.45, 7) is 1.51. The lowest BCUT2D eigenvalue weighted by molar-refractivity contribution is -0.123. The van der Waals surface area contributed by atoms with Gasteiger partial charge in [0.15, 0.2) is 6.10 Å². The Labute approximate surface area is 152 Å². The van der Waals surface area contributed by atoms with E-state index in [2.05, 4.69) is 5.32 Å². The molecular weight excluding hydrogens is 328 g/mol. The Morgan fingerprint density at radius 1 is 1.12 bits per heavy atom. The summed E-state index contributed by atoms with van der Waals surface area (Å²) in [7, 11) is 0. The standard InChI is InChI=1S/C21H20N2O3/c1-14(20(24)23-19-9-5-4-8-18(19)13-22)26-21(25)17-11-10-15-6-2-3-7-16(15)12-17/h4-5,8-12,14H,2-3,6-7H2,1H3,(H,23,24)/t14-/m0/s1. The molecule has 0 saturated heterocycles. The van der Waals surface area contributed by atoms with Crippen molar-refractivity contribution in [3.63, 3.8) is 0 Å². The molecular formula is C21H20N2O3. The lowest BCUT2D eigenvalue weighted by Crippen LogP contribution is -2.30. The Hall–Kier alpha value is -3.13. The van der Waals surface area contributed by atoms with Gasteiger partial charge in [-0.2, -0.15) is 5.26 Å². The van der Waals surface area contributed by atoms with Gasteiger partial charge in [0.05, 0.1) is 16.8 Å². The zero-order chi connectivity index (χ0) is 18.5. The van der Waals surface area contributed by atoms with Crippen LogP contribution in [0.25, 0.3) is 0 Å². The molecule has 5 heteroatoms. The molecule has 1 amide bonds. The Balaban J connectivity index is 1.65. The van der Waals surface area contributed by atoms with E-state index in [4.69, 9.17) is 10.00 Å². The van der Waals surface area contributed by atoms with Crippen molar-refractivity contribution in [1.29, 1.82) is 5.26 Å². The normalized spacial score (nSPS) is 13.8. The molecule has 2 aromatic rings. The van der Waals surface area contributed by atoms with Crippen LogP contribution in [0.1, 0.15) is 46.8 Å². The maximum Gasteiger partial charge on any atom is 0.338 e. The number of nitrogens with zero attached hydrogens (tertiary/aromatic N) is 1. The molecule has 3 rings (SSSR count). The first-order valence-electron chi connectivity index (χ1n) is 8.71. The number of fused-ring (bicyclic) bond motifs is 1. The number of anilines is 1. The third kappa shape index (κ3) is 3.92. The minimum Gasteiger partial charge on any atom is -0.449 e. The number of nitrogens with one attached hydrogen (secondary N) is 1. The fourth-order valence-corrected chi connectivity index (χ4v) is 3.07. The lowest BCUT2D eigenvalue weighted by atomic mass is 9.90. The number of rotatable bonds is 4. The van der Waals surface area contributed by atoms with Crippen molar-refractivity contribution in [3.8, 4) is 6.07 Å². The molecule has 0 fully saturated rings. The van der Waals surface area contributed by atoms with Crippen LogP contribution in [-0.2, 0) is 22.4 Å². The first kappa shape index (κ1) is 17.7. The second-order valence-electron chi connectivity index (χ2n) is 6.38. The van der Waals surface area contributed by atoms with Gasteiger partial charge in [0.1, 0.15) is 6.07 Å². The molecule has 0 bridgehead atoms. The van der Waals surface area contributed by atoms with Gasteiger partial charge in [-0.15, -0.1) is 0 Å². The highest BCUT2D eigenvalue weighted by molar-refractivity contribution is 5.98. The molecule has 1 aliphatic rings. The Kier molecular flexibility index (Phi) is 5.33. The van der Waals surface area contributed by atoms with Crippen molar-refractivity contribution in [2.45, 2.75) is 38.7 Å². The lowest BCUT2D eigenvalue weighted by Gasteiger charge is -2.17. The summed E-state index contributed by atoms with van der Waals surface area (Å²) < 4.78 is 5.30. The first-order chi connectivity index (χ1) is 12.6. The molecule has 0 unspecified atom stereocenters. The molecule has 1 N–H and O–H groups in total. The van der Waals surface area contributed by atoms with E-state index in [9.17, 15) is 9.59 Å². The molecule has 0 saturated carbocycles. The number of ether oxygens (including phenoxy) is 1. The molecule has 0 spiro atoms. The van der Waals surface area contributed by atoms with Gasteiger partial charge in [-0.3, -0.25) is 4.79 Å². The topological polar surface area (TPSA) is 79.2 Å². The number of benzene rings is 2. The van der Waals surface area contributed by atoms with Crippen LogP contribution in [0, 0.1) is 11.3 Å². The third-order valence-corrected chi connectivity index (χ3v) is 4.54. The summed E-state index contributed by atoms with van der Waals surface area (Å²) in [5, 5.41) is 11.7. The number of amides is 1. The summed E-state index contributed by atoms with van der Waals surface area (Å²) in [5.74, 6) is -0.992. The van der Waals surface area contributed by atoms with E-state index in [1.807, 2.05) is 18.2 Å². The number of nitriles is 1. The second-order valence-corrected chi connectivity index (χ2v) is 6.38. The Bertz CT molecular complexity index is 883. The van der Waals surface area contributed by atoms with Crippen molar-refractivity contribution in [1.82, 2.24) is 0 Å². The van der Waals surface area contributed by atoms with Gasteiger partial charge in [-0.05, 0) is 68.0 Å². The van der Waals surface area contributed by atoms with Crippen LogP contribution in [0.5, 0.6) is 0 Å². The molecule has 26 heavy (non-hydrogen) atoms. The van der Waals surface area contributed by atoms with Crippen molar-refractivity contribution >= 4 is 17.6 Å². The number of aryl methyl sites for hydroxylation is 2. The average Bonchev–Trinajstić information content (AvgIpc) is 2.67. The van der Waals surface area contributed by atoms with Crippen molar-refractivity contribution in [3.05, 3.63) is 64.7 Å². The molecule has 1 aliphatic carbocycles. The summed E-state index contributed by atoms with van der Waals surface area (Å²) in [4.78, 5) is 24.6. The summed E-state index contributed by atoms with van der Waals surface area (Å²) in [6, 6.07) is 14.3. The van der Waals surface area contributed by atoms with Gasteiger partial charge in [0.25, 0.3) is 5.91 Å². The van der Waals surface area contributed by atoms with Gasteiger partial charge >= 0.3 is 5.97 Å². The molecule has 2 aromatic carbocycles. The maximum absolute atomic E-state index is 12.4. The smallest absolute Gasteiger partial charge is 0.338 e. The van der Waals surface area contributed by atoms with Gasteiger partial charge in [0, 0.05) is 0 Å². The van der Waals surface area contributed by atoms with E-state index in [1.165, 1.54) is 24.5 Å². The highest BCUT2D eigenvalue weighted by atomic mass is 16.5. The van der Waals surface area contributed by atoms with E-state index in [0.717, 1.165) is 19.3 Å². The largest absolute Gasteiger partial charge is 0.449 e. The number of para-hydroxylation sites is 1. The van der Waals surface area contributed by atoms with Crippen molar-refractivity contribution < 1.29 is 14.3 Å². The van der Waals surface area contributed by atoms with Crippen LogP contribution in [0.2, 0.25) is 0 Å². The SMILES string of the molecule is C[C@H](OC(=O)c1ccc2c(c1)CCCC2)C(=O)Nc1ccccc1C#N. The molecule has 5 nitrogen and oxygen atoms in total. The van der Waals surface area contributed by atoms with Crippen LogP contribution in [0.3, 0.4) is 0 Å². The summed E-state index contributed by atoms with van der Waals surface area (Å²) in [6.07, 6.45) is 3.35. The van der Waals surface area contributed by atoms with Crippen molar-refractivity contribution in [2.75, 3.05) is 5.32 Å². The Morgan fingerprint density at radius 2 is 1.85 bits per heavy atom. The molecule has 132 valence electrons. The fraction of sp³-hybridized carbons (Fsp3) is 0.286. The molecule has 0 radical (unpaired) electrons. The summed E-state index contributed by atoms with van der Waals surface area (Å²) in [5.41, 5.74) is 3.69. The first-order valence-corrected chi connectivity index (χ1v) is 8.71. The minimum atomic E-state index is -0.967. The predicted octanol–water partition coefficient (Wildman–Crippen LogP) is 3.62. The zero-order valence-corrected chi connectivity index (χ0v) is 14.6. The van der Waals surface area contributed by atoms with Gasteiger partial charge in [0.2, 0.25) is 0 Å².